The van der Waals surface area contributed by atoms with Gasteiger partial charge in [0, 0.05) is 110 Å². The van der Waals surface area contributed by atoms with Crippen LogP contribution < -0.4 is 40.5 Å². The first-order valence-corrected chi connectivity index (χ1v) is 35.4. The third kappa shape index (κ3) is 14.9. The quantitative estimate of drug-likeness (QED) is 0.0281. The number of aliphatic hydroxyl groups excluding tert-OH is 4. The van der Waals surface area contributed by atoms with Gasteiger partial charge in [-0.1, -0.05) is 71.0 Å². The van der Waals surface area contributed by atoms with E-state index in [9.17, 15) is 39.6 Å². The maximum atomic E-state index is 15.1. The Bertz CT molecular complexity index is 3570. The molecule has 99 heavy (non-hydrogen) atoms. The van der Waals surface area contributed by atoms with Gasteiger partial charge >= 0.3 is 5.97 Å². The van der Waals surface area contributed by atoms with E-state index in [4.69, 9.17) is 23.9 Å². The summed E-state index contributed by atoms with van der Waals surface area (Å²) in [4.78, 5) is 89.3. The zero-order valence-corrected chi connectivity index (χ0v) is 60.8. The number of hydrogen-bond donors (Lipinski definition) is 8. The van der Waals surface area contributed by atoms with E-state index in [0.717, 1.165) is 54.6 Å². The third-order valence-electron chi connectivity index (χ3n) is 23.7. The standard InChI is InChI=1S/C76H109N9O14/c1-17-97-69-46(21-19-23-56(69)47-26-49(70(90)77-9)30-53(28-47)82(12)13)37-85-67(65(44(5)89)63(40-87)99-85)73(93)79-60-35-52-33-58(42(60)3)76(52,8)24-25-83(14)54-29-48(27-50(31-54)71(91)80-61(38-81(10)11)74(94)96-16)55-22-18-20-45(68(55)95-15)36-84-66(64(43(4)88)62(39-86)98-84)72(92)78-59-34-51-32-57(41(59)2)75(51,6)7/h18-23,26-31,41-44,51-52,57-67,86-89H,17,24-25,32-40H2,1-16H3,(H,77,90)(H,78,92)(H,79,93)(H,80,91)/t41-,42-,43-,44-,51+,52+,57-,58-,59-,60-,61+,62-,63-,64+,65-,66-,67-,76?/m0/s1. The van der Waals surface area contributed by atoms with Crippen molar-refractivity contribution in [3.8, 4) is 33.8 Å². The Hall–Kier alpha value is -6.93. The smallest absolute Gasteiger partial charge is 0.329 e. The molecular weight excluding hydrogens is 1260 g/mol. The molecule has 0 spiro atoms. The number of esters is 1. The number of nitrogens with zero attached hydrogens (tertiary/aromatic N) is 5. The van der Waals surface area contributed by atoms with Gasteiger partial charge in [-0.05, 0) is 161 Å². The molecule has 23 heteroatoms. The maximum absolute atomic E-state index is 15.1. The highest BCUT2D eigenvalue weighted by Crippen LogP contribution is 2.64. The van der Waals surface area contributed by atoms with E-state index in [1.165, 1.54) is 7.11 Å². The highest BCUT2D eigenvalue weighted by atomic mass is 16.7. The van der Waals surface area contributed by atoms with Gasteiger partial charge in [0.05, 0.1) is 59.3 Å². The molecule has 1 unspecified atom stereocenters. The molecule has 4 aromatic rings. The van der Waals surface area contributed by atoms with E-state index in [1.807, 2.05) is 99.7 Å². The summed E-state index contributed by atoms with van der Waals surface area (Å²) in [5, 5.41) is 59.7. The number of hydrogen-bond acceptors (Lipinski definition) is 19. The summed E-state index contributed by atoms with van der Waals surface area (Å²) in [6.45, 7) is 16.9. The number of amides is 4. The minimum absolute atomic E-state index is 0.0441. The van der Waals surface area contributed by atoms with Crippen LogP contribution in [0, 0.1) is 58.2 Å². The van der Waals surface area contributed by atoms with E-state index in [0.29, 0.717) is 64.3 Å². The number of para-hydroxylation sites is 2. The Morgan fingerprint density at radius 1 is 0.677 bits per heavy atom. The summed E-state index contributed by atoms with van der Waals surface area (Å²) in [6.07, 6.45) is 0.784. The Morgan fingerprint density at radius 2 is 1.18 bits per heavy atom. The van der Waals surface area contributed by atoms with E-state index in [-0.39, 0.29) is 89.5 Å². The van der Waals surface area contributed by atoms with Crippen molar-refractivity contribution in [1.29, 1.82) is 0 Å². The molecule has 23 nitrogen and oxygen atoms in total. The number of rotatable bonds is 28. The lowest BCUT2D eigenvalue weighted by molar-refractivity contribution is -0.183. The van der Waals surface area contributed by atoms with E-state index < -0.39 is 79.5 Å². The Balaban J connectivity index is 0.885. The van der Waals surface area contributed by atoms with Crippen molar-refractivity contribution < 1.29 is 68.3 Å². The minimum Gasteiger partial charge on any atom is -0.496 e. The molecule has 6 saturated carbocycles. The molecule has 8 aliphatic rings. The van der Waals surface area contributed by atoms with Crippen LogP contribution in [0.5, 0.6) is 11.5 Å². The summed E-state index contributed by atoms with van der Waals surface area (Å²) in [6, 6.07) is 19.5. The molecule has 2 saturated heterocycles. The van der Waals surface area contributed by atoms with Crippen molar-refractivity contribution in [2.75, 3.05) is 99.2 Å². The predicted molar refractivity (Wildman–Crippen MR) is 378 cm³/mol. The molecule has 4 bridgehead atoms. The molecule has 4 aromatic carbocycles. The molecule has 8 fully saturated rings. The normalized spacial score (nSPS) is 29.3. The van der Waals surface area contributed by atoms with Gasteiger partial charge in [-0.3, -0.25) is 28.9 Å². The molecular formula is C76H109N9O14. The fourth-order valence-corrected chi connectivity index (χ4v) is 17.8. The second-order valence-electron chi connectivity index (χ2n) is 30.4. The molecule has 18 atom stereocenters. The Kier molecular flexibility index (Phi) is 23.2. The molecule has 6 aliphatic carbocycles. The fourth-order valence-electron chi connectivity index (χ4n) is 17.8. The van der Waals surface area contributed by atoms with Gasteiger partial charge in [0.15, 0.2) is 0 Å². The zero-order valence-electron chi connectivity index (χ0n) is 60.8. The number of likely N-dealkylation sites (N-methyl/N-ethyl adjacent to an activating group) is 1. The number of anilines is 2. The van der Waals surface area contributed by atoms with Gasteiger partial charge in [-0.15, -0.1) is 0 Å². The molecule has 4 amide bonds. The van der Waals surface area contributed by atoms with Gasteiger partial charge in [0.25, 0.3) is 11.8 Å². The van der Waals surface area contributed by atoms with Crippen molar-refractivity contribution in [3.63, 3.8) is 0 Å². The van der Waals surface area contributed by atoms with E-state index in [1.54, 1.807) is 63.2 Å². The SMILES string of the molecule is CCOc1c(CN2O[C@@H](CO)[C@H]([C@H](C)O)[C@H]2C(=O)N[C@H]2C[C@H]3C[C@@H]([C@@H]2C)C3(C)CCN(C)c2cc(C(=O)N[C@H](CN(C)C)C(=O)OC)cc(-c3cccc(CN4O[C@@H](CO)[C@@H]([C@H](C)O)[C@H]4C(=O)N[C@H]4C[C@H]5C[C@@H]([C@@H]4C)C5(C)C)c3OC)c2)cccc1-c1cc(C(=O)NC)cc(N(C)C)c1. The molecule has 12 rings (SSSR count). The van der Waals surface area contributed by atoms with Crippen LogP contribution >= 0.6 is 0 Å². The van der Waals surface area contributed by atoms with Crippen molar-refractivity contribution in [3.05, 3.63) is 95.1 Å². The molecule has 2 heterocycles. The first kappa shape index (κ1) is 74.8. The topological polar surface area (TPSA) is 277 Å². The van der Waals surface area contributed by atoms with Crippen molar-refractivity contribution >= 4 is 41.0 Å². The number of benzene rings is 4. The number of fused-ring (bicyclic) bond motifs is 4. The Labute approximate surface area is 584 Å². The van der Waals surface area contributed by atoms with Gasteiger partial charge < -0.3 is 70.6 Å². The van der Waals surface area contributed by atoms with Crippen LogP contribution in [0.1, 0.15) is 119 Å². The molecule has 0 aromatic heterocycles. The van der Waals surface area contributed by atoms with Crippen LogP contribution in [-0.4, -0.2) is 209 Å². The zero-order chi connectivity index (χ0) is 71.9. The highest BCUT2D eigenvalue weighted by molar-refractivity contribution is 6.00. The van der Waals surface area contributed by atoms with Gasteiger partial charge in [-0.2, -0.15) is 10.1 Å². The highest BCUT2D eigenvalue weighted by Gasteiger charge is 2.60. The van der Waals surface area contributed by atoms with E-state index in [2.05, 4.69) is 60.8 Å². The first-order chi connectivity index (χ1) is 47.0. The number of aliphatic hydroxyl groups is 4. The number of methoxy groups -OCH3 is 2. The lowest BCUT2D eigenvalue weighted by atomic mass is 9.43. The predicted octanol–water partition coefficient (Wildman–Crippen LogP) is 6.51. The Morgan fingerprint density at radius 3 is 1.66 bits per heavy atom. The molecule has 542 valence electrons. The summed E-state index contributed by atoms with van der Waals surface area (Å²) >= 11 is 0. The number of nitrogens with one attached hydrogen (secondary N) is 4. The largest absolute Gasteiger partial charge is 0.496 e. The van der Waals surface area contributed by atoms with Gasteiger partial charge in [0.1, 0.15) is 41.8 Å². The number of carbonyl (C=O) groups excluding carboxylic acids is 5. The first-order valence-electron chi connectivity index (χ1n) is 35.4. The monoisotopic (exact) mass is 1370 g/mol. The van der Waals surface area contributed by atoms with Crippen molar-refractivity contribution in [2.45, 2.75) is 155 Å². The molecule has 2 aliphatic heterocycles. The van der Waals surface area contributed by atoms with Crippen molar-refractivity contribution in [1.82, 2.24) is 36.3 Å². The molecule has 8 N–H and O–H groups in total. The summed E-state index contributed by atoms with van der Waals surface area (Å²) in [7, 11) is 13.9. The van der Waals surface area contributed by atoms with Crippen molar-refractivity contribution in [2.24, 2.45) is 58.2 Å². The number of ether oxygens (including phenoxy) is 3. The van der Waals surface area contributed by atoms with E-state index >= 15 is 4.79 Å². The second-order valence-corrected chi connectivity index (χ2v) is 30.4. The third-order valence-corrected chi connectivity index (χ3v) is 23.7. The number of carbonyl (C=O) groups is 5. The minimum atomic E-state index is -1.02. The van der Waals surface area contributed by atoms with Crippen LogP contribution in [0.25, 0.3) is 22.3 Å². The summed E-state index contributed by atoms with van der Waals surface area (Å²) in [5.41, 5.74) is 6.57. The summed E-state index contributed by atoms with van der Waals surface area (Å²) in [5.74, 6) is -0.567. The lowest BCUT2D eigenvalue weighted by Crippen LogP contribution is -2.63. The van der Waals surface area contributed by atoms with Crippen LogP contribution in [0.2, 0.25) is 0 Å². The van der Waals surface area contributed by atoms with Crippen LogP contribution in [0.4, 0.5) is 11.4 Å². The van der Waals surface area contributed by atoms with Gasteiger partial charge in [0.2, 0.25) is 11.8 Å². The average molecular weight is 1370 g/mol. The summed E-state index contributed by atoms with van der Waals surface area (Å²) < 4.78 is 17.8. The van der Waals surface area contributed by atoms with Gasteiger partial charge in [-0.25, -0.2) is 4.79 Å². The van der Waals surface area contributed by atoms with Crippen LogP contribution in [0.15, 0.2) is 72.8 Å². The maximum Gasteiger partial charge on any atom is 0.329 e. The average Bonchev–Trinajstić information content (AvgIpc) is 1.25. The second kappa shape index (κ2) is 30.7. The van der Waals surface area contributed by atoms with Crippen LogP contribution in [0.3, 0.4) is 0 Å². The van der Waals surface area contributed by atoms with Crippen LogP contribution in [-0.2, 0) is 41.9 Å². The molecule has 0 radical (unpaired) electrons. The lowest BCUT2D eigenvalue weighted by Gasteiger charge is -2.64. The fraction of sp³-hybridized carbons (Fsp3) is 0.618. The number of hydroxylamine groups is 4.